The van der Waals surface area contributed by atoms with Gasteiger partial charge in [-0.25, -0.2) is 0 Å². The Hall–Kier alpha value is -0.960. The summed E-state index contributed by atoms with van der Waals surface area (Å²) in [5.74, 6) is 0.995. The highest BCUT2D eigenvalue weighted by atomic mass is 32.2. The molecule has 0 unspecified atom stereocenters. The van der Waals surface area contributed by atoms with Crippen LogP contribution in [-0.4, -0.2) is 30.2 Å². The fourth-order valence-corrected chi connectivity index (χ4v) is 3.38. The molecule has 1 aromatic carbocycles. The third kappa shape index (κ3) is 3.38. The van der Waals surface area contributed by atoms with Crippen molar-refractivity contribution in [1.29, 1.82) is 0 Å². The second-order valence-electron chi connectivity index (χ2n) is 6.01. The number of benzene rings is 1. The van der Waals surface area contributed by atoms with Crippen LogP contribution in [0.15, 0.2) is 23.1 Å². The largest absolute Gasteiger partial charge is 0.339 e. The molecule has 1 aliphatic carbocycles. The first kappa shape index (κ1) is 15.4. The fourth-order valence-electron chi connectivity index (χ4n) is 2.94. The summed E-state index contributed by atoms with van der Waals surface area (Å²) in [7, 11) is 1.97. The third-order valence-corrected chi connectivity index (χ3v) is 5.25. The minimum Gasteiger partial charge on any atom is -0.339 e. The van der Waals surface area contributed by atoms with E-state index in [9.17, 15) is 4.79 Å². The monoisotopic (exact) mass is 291 g/mol. The molecule has 2 nitrogen and oxygen atoms in total. The van der Waals surface area contributed by atoms with E-state index < -0.39 is 0 Å². The molecule has 3 heteroatoms. The van der Waals surface area contributed by atoms with E-state index in [1.54, 1.807) is 11.8 Å². The average Bonchev–Trinajstić information content (AvgIpc) is 2.47. The Morgan fingerprint density at radius 2 is 1.90 bits per heavy atom. The first-order valence-electron chi connectivity index (χ1n) is 7.44. The number of rotatable bonds is 3. The molecule has 1 aliphatic rings. The Balaban J connectivity index is 2.14. The number of carbonyl (C=O) groups is 1. The molecule has 0 heterocycles. The van der Waals surface area contributed by atoms with Crippen molar-refractivity contribution in [3.05, 3.63) is 29.3 Å². The van der Waals surface area contributed by atoms with E-state index in [2.05, 4.69) is 19.1 Å². The summed E-state index contributed by atoms with van der Waals surface area (Å²) in [6, 6.07) is 6.58. The number of thioether (sulfide) groups is 1. The molecule has 0 aromatic heterocycles. The molecule has 1 aromatic rings. The van der Waals surface area contributed by atoms with E-state index in [1.807, 2.05) is 31.2 Å². The normalized spacial score (nSPS) is 22.6. The van der Waals surface area contributed by atoms with Crippen molar-refractivity contribution in [2.75, 3.05) is 13.3 Å². The third-order valence-electron chi connectivity index (χ3n) is 4.53. The Morgan fingerprint density at radius 3 is 2.50 bits per heavy atom. The van der Waals surface area contributed by atoms with Crippen LogP contribution in [0.2, 0.25) is 0 Å². The second-order valence-corrected chi connectivity index (χ2v) is 6.89. The predicted octanol–water partition coefficient (Wildman–Crippen LogP) is 4.37. The summed E-state index contributed by atoms with van der Waals surface area (Å²) in [6.07, 6.45) is 6.82. The van der Waals surface area contributed by atoms with E-state index >= 15 is 0 Å². The molecular formula is C17H25NOS. The van der Waals surface area contributed by atoms with E-state index in [1.165, 1.54) is 12.8 Å². The van der Waals surface area contributed by atoms with Gasteiger partial charge in [-0.2, -0.15) is 0 Å². The topological polar surface area (TPSA) is 20.3 Å². The van der Waals surface area contributed by atoms with Crippen LogP contribution in [-0.2, 0) is 0 Å². The van der Waals surface area contributed by atoms with Gasteiger partial charge in [0.2, 0.25) is 0 Å². The molecule has 1 amide bonds. The van der Waals surface area contributed by atoms with Gasteiger partial charge in [0.15, 0.2) is 0 Å². The van der Waals surface area contributed by atoms with Gasteiger partial charge in [-0.3, -0.25) is 4.79 Å². The molecule has 0 saturated heterocycles. The Labute approximate surface area is 126 Å². The second kappa shape index (κ2) is 6.66. The van der Waals surface area contributed by atoms with Crippen molar-refractivity contribution in [3.63, 3.8) is 0 Å². The van der Waals surface area contributed by atoms with Crippen molar-refractivity contribution in [2.45, 2.75) is 50.5 Å². The molecule has 0 bridgehead atoms. The summed E-state index contributed by atoms with van der Waals surface area (Å²) in [5, 5.41) is 0. The van der Waals surface area contributed by atoms with E-state index in [4.69, 9.17) is 0 Å². The molecule has 0 N–H and O–H groups in total. The van der Waals surface area contributed by atoms with Crippen molar-refractivity contribution in [3.8, 4) is 0 Å². The van der Waals surface area contributed by atoms with Gasteiger partial charge in [0.1, 0.15) is 0 Å². The number of aryl methyl sites for hydroxylation is 1. The zero-order valence-corrected chi connectivity index (χ0v) is 13.8. The van der Waals surface area contributed by atoms with Crippen LogP contribution >= 0.6 is 11.8 Å². The Kier molecular flexibility index (Phi) is 5.14. The molecule has 1 fully saturated rings. The first-order chi connectivity index (χ1) is 9.52. The minimum absolute atomic E-state index is 0.179. The highest BCUT2D eigenvalue weighted by Crippen LogP contribution is 2.28. The lowest BCUT2D eigenvalue weighted by molar-refractivity contribution is 0.0678. The highest BCUT2D eigenvalue weighted by molar-refractivity contribution is 7.98. The average molecular weight is 291 g/mol. The molecule has 0 spiro atoms. The van der Waals surface area contributed by atoms with E-state index in [0.29, 0.717) is 6.04 Å². The molecule has 0 radical (unpaired) electrons. The number of hydrogen-bond donors (Lipinski definition) is 0. The van der Waals surface area contributed by atoms with Crippen molar-refractivity contribution < 1.29 is 4.79 Å². The number of carbonyl (C=O) groups excluding carboxylic acids is 1. The van der Waals surface area contributed by atoms with Crippen molar-refractivity contribution in [1.82, 2.24) is 4.90 Å². The number of nitrogens with zero attached hydrogens (tertiary/aromatic N) is 1. The molecule has 20 heavy (non-hydrogen) atoms. The summed E-state index contributed by atoms with van der Waals surface area (Å²) in [5.41, 5.74) is 1.93. The maximum atomic E-state index is 12.7. The molecule has 2 rings (SSSR count). The van der Waals surface area contributed by atoms with Gasteiger partial charge in [0, 0.05) is 23.5 Å². The molecular weight excluding hydrogens is 266 g/mol. The minimum atomic E-state index is 0.179. The summed E-state index contributed by atoms with van der Waals surface area (Å²) >= 11 is 1.69. The molecule has 110 valence electrons. The molecule has 0 aliphatic heterocycles. The Morgan fingerprint density at radius 1 is 1.25 bits per heavy atom. The van der Waals surface area contributed by atoms with Gasteiger partial charge in [-0.05, 0) is 62.5 Å². The Bertz CT molecular complexity index is 478. The lowest BCUT2D eigenvalue weighted by atomic mass is 9.86. The smallest absolute Gasteiger partial charge is 0.254 e. The van der Waals surface area contributed by atoms with E-state index in [-0.39, 0.29) is 5.91 Å². The fraction of sp³-hybridized carbons (Fsp3) is 0.588. The predicted molar refractivity (Wildman–Crippen MR) is 86.5 cm³/mol. The van der Waals surface area contributed by atoms with Crippen molar-refractivity contribution in [2.24, 2.45) is 5.92 Å². The number of amides is 1. The summed E-state index contributed by atoms with van der Waals surface area (Å²) < 4.78 is 0. The molecule has 0 atom stereocenters. The standard InChI is InChI=1S/C17H25NOS/c1-12-5-8-14(9-6-12)18(3)17(19)16-11-15(20-4)10-7-13(16)2/h7,10-12,14H,5-6,8-9H2,1-4H3. The summed E-state index contributed by atoms with van der Waals surface area (Å²) in [4.78, 5) is 15.9. The maximum absolute atomic E-state index is 12.7. The van der Waals surface area contributed by atoms with Gasteiger partial charge in [-0.15, -0.1) is 11.8 Å². The number of hydrogen-bond acceptors (Lipinski definition) is 2. The zero-order valence-electron chi connectivity index (χ0n) is 13.0. The SMILES string of the molecule is CSc1ccc(C)c(C(=O)N(C)C2CCC(C)CC2)c1. The quantitative estimate of drug-likeness (QED) is 0.771. The highest BCUT2D eigenvalue weighted by Gasteiger charge is 2.26. The lowest BCUT2D eigenvalue weighted by Crippen LogP contribution is -2.39. The lowest BCUT2D eigenvalue weighted by Gasteiger charge is -2.34. The summed E-state index contributed by atoms with van der Waals surface area (Å²) in [6.45, 7) is 4.33. The van der Waals surface area contributed by atoms with Crippen LogP contribution in [0.3, 0.4) is 0 Å². The van der Waals surface area contributed by atoms with Crippen LogP contribution in [0.1, 0.15) is 48.5 Å². The van der Waals surface area contributed by atoms with Gasteiger partial charge in [-0.1, -0.05) is 13.0 Å². The zero-order chi connectivity index (χ0) is 14.7. The van der Waals surface area contributed by atoms with Crippen LogP contribution in [0.4, 0.5) is 0 Å². The van der Waals surface area contributed by atoms with Crippen LogP contribution < -0.4 is 0 Å². The van der Waals surface area contributed by atoms with Crippen LogP contribution in [0.25, 0.3) is 0 Å². The first-order valence-corrected chi connectivity index (χ1v) is 8.67. The van der Waals surface area contributed by atoms with Gasteiger partial charge < -0.3 is 4.90 Å². The maximum Gasteiger partial charge on any atom is 0.254 e. The van der Waals surface area contributed by atoms with Crippen LogP contribution in [0, 0.1) is 12.8 Å². The molecule has 1 saturated carbocycles. The van der Waals surface area contributed by atoms with Gasteiger partial charge in [0.25, 0.3) is 5.91 Å². The van der Waals surface area contributed by atoms with E-state index in [0.717, 1.165) is 34.8 Å². The van der Waals surface area contributed by atoms with Gasteiger partial charge in [0.05, 0.1) is 0 Å². The van der Waals surface area contributed by atoms with Crippen molar-refractivity contribution >= 4 is 17.7 Å². The van der Waals surface area contributed by atoms with Gasteiger partial charge >= 0.3 is 0 Å². The van der Waals surface area contributed by atoms with Crippen LogP contribution in [0.5, 0.6) is 0 Å².